The number of imide groups is 1. The average Bonchev–Trinajstić information content (AvgIpc) is 3.38. The van der Waals surface area contributed by atoms with Crippen molar-refractivity contribution in [2.24, 2.45) is 0 Å². The quantitative estimate of drug-likeness (QED) is 0.750. The number of nitrogens with one attached hydrogen (secondary N) is 1. The summed E-state index contributed by atoms with van der Waals surface area (Å²) in [6, 6.07) is 13.9. The Bertz CT molecular complexity index is 1110. The zero-order valence-corrected chi connectivity index (χ0v) is 17.3. The molecule has 0 bridgehead atoms. The van der Waals surface area contributed by atoms with Gasteiger partial charge in [-0.1, -0.05) is 30.3 Å². The fourth-order valence-corrected chi connectivity index (χ4v) is 4.81. The highest BCUT2D eigenvalue weighted by atomic mass is 16.7. The van der Waals surface area contributed by atoms with Crippen molar-refractivity contribution in [3.8, 4) is 11.5 Å². The third-order valence-electron chi connectivity index (χ3n) is 6.58. The van der Waals surface area contributed by atoms with E-state index in [0.29, 0.717) is 30.3 Å². The van der Waals surface area contributed by atoms with Gasteiger partial charge in [-0.25, -0.2) is 9.59 Å². The minimum Gasteiger partial charge on any atom is -0.454 e. The second-order valence-corrected chi connectivity index (χ2v) is 8.46. The molecule has 0 spiro atoms. The molecule has 1 unspecified atom stereocenters. The first kappa shape index (κ1) is 19.0. The highest BCUT2D eigenvalue weighted by Gasteiger charge is 2.56. The summed E-state index contributed by atoms with van der Waals surface area (Å²) >= 11 is 0. The standard InChI is InChI=1S/C23H22N4O5/c28-21-18-12-25(22(29)24-15-6-7-19-20(10-15)32-13-31-19)8-9-26(18)23(30)27(21)17-11-16(17)14-4-2-1-3-5-14/h1-7,10,16-18H,8-9,11-13H2,(H,24,29)/t16-,17+,18?/m0/s1. The number of nitrogens with zero attached hydrogens (tertiary/aromatic N) is 3. The normalized spacial score (nSPS) is 25.8. The Morgan fingerprint density at radius 1 is 1.00 bits per heavy atom. The highest BCUT2D eigenvalue weighted by Crippen LogP contribution is 2.47. The molecule has 32 heavy (non-hydrogen) atoms. The summed E-state index contributed by atoms with van der Waals surface area (Å²) < 4.78 is 10.6. The lowest BCUT2D eigenvalue weighted by atomic mass is 10.1. The summed E-state index contributed by atoms with van der Waals surface area (Å²) in [6.07, 6.45) is 0.788. The van der Waals surface area contributed by atoms with Gasteiger partial charge in [-0.3, -0.25) is 9.69 Å². The molecule has 2 aromatic carbocycles. The predicted octanol–water partition coefficient (Wildman–Crippen LogP) is 2.45. The largest absolute Gasteiger partial charge is 0.454 e. The van der Waals surface area contributed by atoms with Gasteiger partial charge in [0.15, 0.2) is 11.5 Å². The topological polar surface area (TPSA) is 91.4 Å². The fourth-order valence-electron chi connectivity index (χ4n) is 4.81. The van der Waals surface area contributed by atoms with Gasteiger partial charge in [-0.15, -0.1) is 0 Å². The summed E-state index contributed by atoms with van der Waals surface area (Å²) in [5, 5.41) is 2.85. The van der Waals surface area contributed by atoms with Crippen LogP contribution in [0.3, 0.4) is 0 Å². The van der Waals surface area contributed by atoms with E-state index in [1.165, 1.54) is 4.90 Å². The second kappa shape index (κ2) is 7.15. The summed E-state index contributed by atoms with van der Waals surface area (Å²) in [5.41, 5.74) is 1.73. The van der Waals surface area contributed by atoms with E-state index in [2.05, 4.69) is 5.32 Å². The smallest absolute Gasteiger partial charge is 0.327 e. The fraction of sp³-hybridized carbons (Fsp3) is 0.348. The lowest BCUT2D eigenvalue weighted by molar-refractivity contribution is -0.129. The van der Waals surface area contributed by atoms with Crippen molar-refractivity contribution in [3.05, 3.63) is 54.1 Å². The monoisotopic (exact) mass is 434 g/mol. The third kappa shape index (κ3) is 3.04. The Balaban J connectivity index is 1.13. The summed E-state index contributed by atoms with van der Waals surface area (Å²) in [4.78, 5) is 43.5. The maximum atomic E-state index is 13.1. The number of piperazine rings is 1. The van der Waals surface area contributed by atoms with Crippen molar-refractivity contribution in [2.75, 3.05) is 31.7 Å². The molecular weight excluding hydrogens is 412 g/mol. The average molecular weight is 434 g/mol. The molecule has 4 aliphatic rings. The Labute approximate surface area is 184 Å². The Morgan fingerprint density at radius 2 is 1.81 bits per heavy atom. The first-order valence-electron chi connectivity index (χ1n) is 10.7. The SMILES string of the molecule is O=C(Nc1ccc2c(c1)OCO2)N1CCN2C(=O)N([C@@H]3C[C@H]3c3ccccc3)C(=O)C2C1. The van der Waals surface area contributed by atoms with E-state index in [-0.39, 0.29) is 43.3 Å². The van der Waals surface area contributed by atoms with Crippen LogP contribution in [0.2, 0.25) is 0 Å². The van der Waals surface area contributed by atoms with Gasteiger partial charge in [0.1, 0.15) is 6.04 Å². The van der Waals surface area contributed by atoms with Gasteiger partial charge < -0.3 is 24.6 Å². The minimum absolute atomic E-state index is 0.0982. The lowest BCUT2D eigenvalue weighted by Gasteiger charge is -2.35. The van der Waals surface area contributed by atoms with Gasteiger partial charge in [0.2, 0.25) is 6.79 Å². The molecule has 164 valence electrons. The van der Waals surface area contributed by atoms with Gasteiger partial charge in [-0.2, -0.15) is 0 Å². The number of carbonyl (C=O) groups is 3. The molecular formula is C23H22N4O5. The van der Waals surface area contributed by atoms with Crippen molar-refractivity contribution in [1.29, 1.82) is 0 Å². The third-order valence-corrected chi connectivity index (χ3v) is 6.58. The maximum absolute atomic E-state index is 13.1. The van der Waals surface area contributed by atoms with Crippen LogP contribution >= 0.6 is 0 Å². The number of ether oxygens (including phenoxy) is 2. The molecule has 2 saturated heterocycles. The summed E-state index contributed by atoms with van der Waals surface area (Å²) in [7, 11) is 0. The molecule has 5 amide bonds. The Hall–Kier alpha value is -3.75. The predicted molar refractivity (Wildman–Crippen MR) is 113 cm³/mol. The molecule has 1 saturated carbocycles. The molecule has 3 heterocycles. The summed E-state index contributed by atoms with van der Waals surface area (Å²) in [5.74, 6) is 1.20. The number of carbonyl (C=O) groups excluding carboxylic acids is 3. The van der Waals surface area contributed by atoms with Crippen molar-refractivity contribution in [1.82, 2.24) is 14.7 Å². The molecule has 1 aliphatic carbocycles. The van der Waals surface area contributed by atoms with Gasteiger partial charge >= 0.3 is 12.1 Å². The number of urea groups is 2. The van der Waals surface area contributed by atoms with Crippen LogP contribution < -0.4 is 14.8 Å². The van der Waals surface area contributed by atoms with E-state index in [1.807, 2.05) is 30.3 Å². The van der Waals surface area contributed by atoms with E-state index in [9.17, 15) is 14.4 Å². The van der Waals surface area contributed by atoms with E-state index in [1.54, 1.807) is 28.0 Å². The number of rotatable bonds is 3. The minimum atomic E-state index is -0.629. The van der Waals surface area contributed by atoms with Gasteiger partial charge in [0.05, 0.1) is 6.54 Å². The molecule has 2 aromatic rings. The maximum Gasteiger partial charge on any atom is 0.327 e. The lowest BCUT2D eigenvalue weighted by Crippen LogP contribution is -2.55. The molecule has 9 nitrogen and oxygen atoms in total. The van der Waals surface area contributed by atoms with E-state index >= 15 is 0 Å². The summed E-state index contributed by atoms with van der Waals surface area (Å²) in [6.45, 7) is 1.05. The number of benzene rings is 2. The van der Waals surface area contributed by atoms with Crippen LogP contribution in [0.4, 0.5) is 15.3 Å². The van der Waals surface area contributed by atoms with E-state index < -0.39 is 6.04 Å². The molecule has 3 aliphatic heterocycles. The first-order valence-corrected chi connectivity index (χ1v) is 10.7. The van der Waals surface area contributed by atoms with Gasteiger partial charge in [0, 0.05) is 36.8 Å². The Morgan fingerprint density at radius 3 is 2.66 bits per heavy atom. The van der Waals surface area contributed by atoms with Crippen molar-refractivity contribution in [2.45, 2.75) is 24.4 Å². The Kier molecular flexibility index (Phi) is 4.24. The number of fused-ring (bicyclic) bond motifs is 2. The molecule has 3 atom stereocenters. The van der Waals surface area contributed by atoms with Crippen LogP contribution in [-0.2, 0) is 4.79 Å². The van der Waals surface area contributed by atoms with Crippen LogP contribution in [0.25, 0.3) is 0 Å². The van der Waals surface area contributed by atoms with Crippen molar-refractivity contribution in [3.63, 3.8) is 0 Å². The second-order valence-electron chi connectivity index (χ2n) is 8.46. The molecule has 6 rings (SSSR count). The van der Waals surface area contributed by atoms with E-state index in [0.717, 1.165) is 12.0 Å². The first-order chi connectivity index (χ1) is 15.6. The zero-order chi connectivity index (χ0) is 21.8. The van der Waals surface area contributed by atoms with Crippen molar-refractivity contribution >= 4 is 23.7 Å². The number of anilines is 1. The molecule has 3 fully saturated rings. The van der Waals surface area contributed by atoms with Crippen molar-refractivity contribution < 1.29 is 23.9 Å². The van der Waals surface area contributed by atoms with E-state index in [4.69, 9.17) is 9.47 Å². The zero-order valence-electron chi connectivity index (χ0n) is 17.3. The van der Waals surface area contributed by atoms with Crippen LogP contribution in [0.15, 0.2) is 48.5 Å². The van der Waals surface area contributed by atoms with Crippen LogP contribution in [-0.4, -0.2) is 71.2 Å². The van der Waals surface area contributed by atoms with Gasteiger partial charge in [-0.05, 0) is 24.1 Å². The van der Waals surface area contributed by atoms with Crippen LogP contribution in [0.1, 0.15) is 17.9 Å². The molecule has 0 radical (unpaired) electrons. The molecule has 0 aromatic heterocycles. The number of amides is 5. The molecule has 9 heteroatoms. The number of hydrogen-bond donors (Lipinski definition) is 1. The van der Waals surface area contributed by atoms with Crippen LogP contribution in [0, 0.1) is 0 Å². The van der Waals surface area contributed by atoms with Gasteiger partial charge in [0.25, 0.3) is 5.91 Å². The number of hydrogen-bond acceptors (Lipinski definition) is 5. The van der Waals surface area contributed by atoms with Crippen LogP contribution in [0.5, 0.6) is 11.5 Å². The molecule has 1 N–H and O–H groups in total. The highest BCUT2D eigenvalue weighted by molar-refractivity contribution is 6.05.